The molecule has 0 aliphatic heterocycles. The highest BCUT2D eigenvalue weighted by Gasteiger charge is 2.15. The van der Waals surface area contributed by atoms with Gasteiger partial charge in [-0.15, -0.1) is 0 Å². The zero-order chi connectivity index (χ0) is 15.1. The van der Waals surface area contributed by atoms with Crippen LogP contribution in [0.1, 0.15) is 16.1 Å². The van der Waals surface area contributed by atoms with Crippen molar-refractivity contribution < 1.29 is 9.90 Å². The number of rotatable bonds is 2. The lowest BCUT2D eigenvalue weighted by molar-refractivity contribution is 0.0685. The summed E-state index contributed by atoms with van der Waals surface area (Å²) < 4.78 is 2.66. The van der Waals surface area contributed by atoms with Gasteiger partial charge in [-0.05, 0) is 12.5 Å². The van der Waals surface area contributed by atoms with E-state index in [-0.39, 0.29) is 5.69 Å². The predicted molar refractivity (Wildman–Crippen MR) is 77.6 cm³/mol. The lowest BCUT2D eigenvalue weighted by Gasteiger charge is -2.05. The molecule has 6 heteroatoms. The van der Waals surface area contributed by atoms with Crippen molar-refractivity contribution in [3.63, 3.8) is 0 Å². The molecule has 21 heavy (non-hydrogen) atoms. The fourth-order valence-electron chi connectivity index (χ4n) is 2.37. The Morgan fingerprint density at radius 2 is 1.95 bits per heavy atom. The van der Waals surface area contributed by atoms with Crippen LogP contribution in [0.25, 0.3) is 16.9 Å². The summed E-state index contributed by atoms with van der Waals surface area (Å²) in [6.45, 7) is 1.96. The fraction of sp³-hybridized carbons (Fsp3) is 0.133. The third kappa shape index (κ3) is 2.01. The van der Waals surface area contributed by atoms with E-state index in [9.17, 15) is 9.59 Å². The number of carboxylic acid groups (broad SMARTS) is 1. The van der Waals surface area contributed by atoms with Gasteiger partial charge in [0.25, 0.3) is 5.56 Å². The molecule has 2 heterocycles. The molecule has 0 bridgehead atoms. The van der Waals surface area contributed by atoms with Crippen LogP contribution in [0.4, 0.5) is 0 Å². The average Bonchev–Trinajstić information content (AvgIpc) is 2.89. The largest absolute Gasteiger partial charge is 0.477 e. The second kappa shape index (κ2) is 4.59. The van der Waals surface area contributed by atoms with Gasteiger partial charge in [0.15, 0.2) is 0 Å². The number of hydrogen-bond acceptors (Lipinski definition) is 3. The molecule has 6 nitrogen and oxygen atoms in total. The molecular formula is C15H13N3O3. The van der Waals surface area contributed by atoms with Gasteiger partial charge in [-0.1, -0.05) is 24.3 Å². The Labute approximate surface area is 119 Å². The number of nitrogens with zero attached hydrogens (tertiary/aromatic N) is 3. The number of benzene rings is 1. The molecule has 0 saturated carbocycles. The lowest BCUT2D eigenvalue weighted by atomic mass is 10.1. The van der Waals surface area contributed by atoms with E-state index in [0.717, 1.165) is 17.2 Å². The van der Waals surface area contributed by atoms with E-state index < -0.39 is 11.5 Å². The van der Waals surface area contributed by atoms with Crippen LogP contribution >= 0.6 is 0 Å². The van der Waals surface area contributed by atoms with Crippen LogP contribution in [0.15, 0.2) is 41.2 Å². The fourth-order valence-corrected chi connectivity index (χ4v) is 2.37. The second-order valence-electron chi connectivity index (χ2n) is 4.85. The monoisotopic (exact) mass is 283 g/mol. The molecule has 0 radical (unpaired) electrons. The minimum atomic E-state index is -1.14. The van der Waals surface area contributed by atoms with Crippen LogP contribution in [0.3, 0.4) is 0 Å². The van der Waals surface area contributed by atoms with Gasteiger partial charge in [-0.3, -0.25) is 4.79 Å². The van der Waals surface area contributed by atoms with Gasteiger partial charge >= 0.3 is 5.97 Å². The second-order valence-corrected chi connectivity index (χ2v) is 4.85. The maximum absolute atomic E-state index is 12.0. The van der Waals surface area contributed by atoms with E-state index in [2.05, 4.69) is 5.10 Å². The standard InChI is InChI=1S/C15H13N3O3/c1-9-5-3-4-6-10(9)11-7-13-17(2)12(15(20)21)8-14(19)18(13)16-11/h3-8H,1-2H3,(H,20,21). The van der Waals surface area contributed by atoms with E-state index in [0.29, 0.717) is 11.3 Å². The number of aryl methyl sites for hydroxylation is 2. The molecule has 0 spiro atoms. The Kier molecular flexibility index (Phi) is 2.86. The first kappa shape index (κ1) is 13.1. The third-order valence-corrected chi connectivity index (χ3v) is 3.50. The van der Waals surface area contributed by atoms with Crippen molar-refractivity contribution in [3.05, 3.63) is 58.0 Å². The van der Waals surface area contributed by atoms with Gasteiger partial charge in [0.1, 0.15) is 11.3 Å². The molecule has 3 aromatic rings. The first-order valence-corrected chi connectivity index (χ1v) is 6.38. The van der Waals surface area contributed by atoms with Crippen molar-refractivity contribution in [2.75, 3.05) is 0 Å². The van der Waals surface area contributed by atoms with E-state index in [1.807, 2.05) is 31.2 Å². The Morgan fingerprint density at radius 1 is 1.24 bits per heavy atom. The van der Waals surface area contributed by atoms with Gasteiger partial charge in [-0.2, -0.15) is 9.61 Å². The molecule has 0 unspecified atom stereocenters. The highest BCUT2D eigenvalue weighted by molar-refractivity contribution is 5.86. The molecule has 0 aliphatic rings. The van der Waals surface area contributed by atoms with E-state index in [1.54, 1.807) is 13.1 Å². The summed E-state index contributed by atoms with van der Waals surface area (Å²) in [6.07, 6.45) is 0. The zero-order valence-corrected chi connectivity index (χ0v) is 11.6. The van der Waals surface area contributed by atoms with Crippen molar-refractivity contribution in [2.24, 2.45) is 7.05 Å². The van der Waals surface area contributed by atoms with Gasteiger partial charge < -0.3 is 9.67 Å². The number of aromatic nitrogens is 3. The lowest BCUT2D eigenvalue weighted by Crippen LogP contribution is -2.21. The maximum atomic E-state index is 12.0. The number of hydrogen-bond donors (Lipinski definition) is 1. The molecule has 3 rings (SSSR count). The highest BCUT2D eigenvalue weighted by atomic mass is 16.4. The number of carboxylic acids is 1. The first-order valence-electron chi connectivity index (χ1n) is 6.38. The Balaban J connectivity index is 2.33. The summed E-state index contributed by atoms with van der Waals surface area (Å²) in [4.78, 5) is 23.2. The van der Waals surface area contributed by atoms with Crippen LogP contribution in [-0.2, 0) is 7.05 Å². The quantitative estimate of drug-likeness (QED) is 0.776. The average molecular weight is 283 g/mol. The summed E-state index contributed by atoms with van der Waals surface area (Å²) >= 11 is 0. The number of carbonyl (C=O) groups is 1. The maximum Gasteiger partial charge on any atom is 0.352 e. The molecule has 1 aromatic carbocycles. The van der Waals surface area contributed by atoms with Crippen molar-refractivity contribution in [3.8, 4) is 11.3 Å². The Bertz CT molecular complexity index is 922. The summed E-state index contributed by atoms with van der Waals surface area (Å²) in [6, 6.07) is 10.5. The molecule has 0 aliphatic carbocycles. The minimum absolute atomic E-state index is 0.0660. The van der Waals surface area contributed by atoms with Gasteiger partial charge in [-0.25, -0.2) is 4.79 Å². The van der Waals surface area contributed by atoms with E-state index >= 15 is 0 Å². The summed E-state index contributed by atoms with van der Waals surface area (Å²) in [7, 11) is 1.60. The highest BCUT2D eigenvalue weighted by Crippen LogP contribution is 2.22. The Morgan fingerprint density at radius 3 is 2.62 bits per heavy atom. The molecule has 1 N–H and O–H groups in total. The molecule has 2 aromatic heterocycles. The summed E-state index contributed by atoms with van der Waals surface area (Å²) in [5.41, 5.74) is 2.51. The minimum Gasteiger partial charge on any atom is -0.477 e. The number of fused-ring (bicyclic) bond motifs is 1. The first-order chi connectivity index (χ1) is 9.99. The molecule has 0 saturated heterocycles. The molecule has 0 amide bonds. The van der Waals surface area contributed by atoms with Gasteiger partial charge in [0.2, 0.25) is 0 Å². The normalized spacial score (nSPS) is 11.0. The summed E-state index contributed by atoms with van der Waals surface area (Å²) in [5.74, 6) is -1.14. The van der Waals surface area contributed by atoms with Gasteiger partial charge in [0, 0.05) is 24.7 Å². The smallest absolute Gasteiger partial charge is 0.352 e. The zero-order valence-electron chi connectivity index (χ0n) is 11.6. The molecular weight excluding hydrogens is 270 g/mol. The van der Waals surface area contributed by atoms with Crippen LogP contribution in [-0.4, -0.2) is 25.3 Å². The van der Waals surface area contributed by atoms with Crippen LogP contribution in [0.2, 0.25) is 0 Å². The molecule has 0 atom stereocenters. The van der Waals surface area contributed by atoms with Crippen molar-refractivity contribution in [1.82, 2.24) is 14.2 Å². The predicted octanol–water partition coefficient (Wildman–Crippen LogP) is 1.71. The van der Waals surface area contributed by atoms with E-state index in [4.69, 9.17) is 5.11 Å². The van der Waals surface area contributed by atoms with Crippen molar-refractivity contribution in [1.29, 1.82) is 0 Å². The summed E-state index contributed by atoms with van der Waals surface area (Å²) in [5, 5.41) is 13.4. The van der Waals surface area contributed by atoms with Crippen LogP contribution in [0.5, 0.6) is 0 Å². The topological polar surface area (TPSA) is 76.6 Å². The van der Waals surface area contributed by atoms with Gasteiger partial charge in [0.05, 0.1) is 5.69 Å². The van der Waals surface area contributed by atoms with Crippen LogP contribution < -0.4 is 5.56 Å². The number of aromatic carboxylic acids is 1. The molecule has 106 valence electrons. The Hall–Kier alpha value is -2.89. The van der Waals surface area contributed by atoms with E-state index in [1.165, 1.54) is 9.08 Å². The molecule has 0 fully saturated rings. The third-order valence-electron chi connectivity index (χ3n) is 3.50. The van der Waals surface area contributed by atoms with Crippen molar-refractivity contribution >= 4 is 11.6 Å². The van der Waals surface area contributed by atoms with Crippen molar-refractivity contribution in [2.45, 2.75) is 6.92 Å². The van der Waals surface area contributed by atoms with Crippen LogP contribution in [0, 0.1) is 6.92 Å². The SMILES string of the molecule is Cc1ccccc1-c1cc2n(C)c(C(=O)O)cc(=O)n2n1.